The number of rotatable bonds is 6. The van der Waals surface area contributed by atoms with Crippen LogP contribution in [0.2, 0.25) is 5.02 Å². The van der Waals surface area contributed by atoms with Gasteiger partial charge in [-0.3, -0.25) is 4.79 Å². The zero-order valence-corrected chi connectivity index (χ0v) is 19.5. The number of hydrogen-bond donors (Lipinski definition) is 1. The summed E-state index contributed by atoms with van der Waals surface area (Å²) in [6, 6.07) is 16.9. The van der Waals surface area contributed by atoms with Crippen molar-refractivity contribution in [1.82, 2.24) is 5.32 Å². The minimum atomic E-state index is -0.293. The Morgan fingerprint density at radius 1 is 1.09 bits per heavy atom. The largest absolute Gasteiger partial charge is 0.493 e. The molecule has 1 aliphatic heterocycles. The fourth-order valence-electron chi connectivity index (χ4n) is 3.08. The Balaban J connectivity index is 1.50. The van der Waals surface area contributed by atoms with Crippen LogP contribution in [-0.4, -0.2) is 18.2 Å². The Morgan fingerprint density at radius 2 is 1.88 bits per heavy atom. The van der Waals surface area contributed by atoms with Gasteiger partial charge >= 0.3 is 0 Å². The Hall–Kier alpha value is -3.29. The maximum atomic E-state index is 13.1. The van der Waals surface area contributed by atoms with Crippen molar-refractivity contribution in [2.45, 2.75) is 13.5 Å². The molecule has 0 radical (unpaired) electrons. The van der Waals surface area contributed by atoms with Crippen molar-refractivity contribution < 1.29 is 18.7 Å². The van der Waals surface area contributed by atoms with Gasteiger partial charge in [0.1, 0.15) is 12.4 Å². The van der Waals surface area contributed by atoms with Gasteiger partial charge in [0, 0.05) is 5.02 Å². The van der Waals surface area contributed by atoms with Crippen LogP contribution in [0.3, 0.4) is 0 Å². The number of carbonyl (C=O) groups excluding carboxylic acids is 1. The van der Waals surface area contributed by atoms with Crippen molar-refractivity contribution in [3.8, 4) is 11.5 Å². The summed E-state index contributed by atoms with van der Waals surface area (Å²) in [6.45, 7) is 2.21. The highest BCUT2D eigenvalue weighted by atomic mass is 35.5. The van der Waals surface area contributed by atoms with Crippen LogP contribution in [0.15, 0.2) is 70.6 Å². The first kappa shape index (κ1) is 22.9. The fourth-order valence-corrected chi connectivity index (χ4v) is 4.08. The first-order valence-electron chi connectivity index (χ1n) is 10.0. The zero-order chi connectivity index (χ0) is 23.4. The van der Waals surface area contributed by atoms with Gasteiger partial charge in [-0.1, -0.05) is 35.9 Å². The topological polar surface area (TPSA) is 59.9 Å². The van der Waals surface area contributed by atoms with E-state index >= 15 is 0 Å². The first-order valence-corrected chi connectivity index (χ1v) is 11.2. The lowest BCUT2D eigenvalue weighted by molar-refractivity contribution is -0.115. The molecule has 0 bridgehead atoms. The third-order valence-corrected chi connectivity index (χ3v) is 5.98. The van der Waals surface area contributed by atoms with Crippen molar-refractivity contribution in [2.24, 2.45) is 4.99 Å². The highest BCUT2D eigenvalue weighted by Gasteiger charge is 2.24. The molecule has 8 heteroatoms. The standard InChI is InChI=1S/C25H20ClFN2O3S/c1-15-3-7-18(26)13-20(15)28-25-29-24(30)23(33-25)12-17-6-10-21(22(11-17)31-2)32-14-16-4-8-19(27)9-5-16/h3-13H,14H2,1-2H3,(H,28,29,30)/b23-12-. The molecule has 0 aromatic heterocycles. The molecule has 1 aliphatic rings. The molecule has 0 unspecified atom stereocenters. The van der Waals surface area contributed by atoms with Gasteiger partial charge in [0.25, 0.3) is 5.91 Å². The molecule has 1 heterocycles. The predicted octanol–water partition coefficient (Wildman–Crippen LogP) is 6.27. The molecule has 0 spiro atoms. The summed E-state index contributed by atoms with van der Waals surface area (Å²) in [6.07, 6.45) is 1.76. The molecule has 168 valence electrons. The molecule has 1 amide bonds. The van der Waals surface area contributed by atoms with E-state index in [-0.39, 0.29) is 18.3 Å². The maximum Gasteiger partial charge on any atom is 0.264 e. The summed E-state index contributed by atoms with van der Waals surface area (Å²) in [5, 5.41) is 3.85. The van der Waals surface area contributed by atoms with Crippen LogP contribution >= 0.6 is 23.4 Å². The Bertz CT molecular complexity index is 1260. The maximum absolute atomic E-state index is 13.1. The lowest BCUT2D eigenvalue weighted by Crippen LogP contribution is -2.19. The molecule has 1 N–H and O–H groups in total. The Kier molecular flexibility index (Phi) is 7.01. The van der Waals surface area contributed by atoms with Gasteiger partial charge < -0.3 is 14.8 Å². The lowest BCUT2D eigenvalue weighted by Gasteiger charge is -2.11. The predicted molar refractivity (Wildman–Crippen MR) is 131 cm³/mol. The number of nitrogens with zero attached hydrogens (tertiary/aromatic N) is 1. The molecule has 4 rings (SSSR count). The van der Waals surface area contributed by atoms with Crippen molar-refractivity contribution in [3.05, 3.63) is 93.1 Å². The minimum absolute atomic E-state index is 0.228. The highest BCUT2D eigenvalue weighted by Crippen LogP contribution is 2.33. The number of aryl methyl sites for hydroxylation is 1. The van der Waals surface area contributed by atoms with Crippen molar-refractivity contribution in [2.75, 3.05) is 7.11 Å². The smallest absolute Gasteiger partial charge is 0.264 e. The normalized spacial score (nSPS) is 15.7. The second kappa shape index (κ2) is 10.1. The number of nitrogens with one attached hydrogen (secondary N) is 1. The van der Waals surface area contributed by atoms with Crippen LogP contribution < -0.4 is 14.8 Å². The molecule has 1 saturated heterocycles. The van der Waals surface area contributed by atoms with E-state index in [2.05, 4.69) is 10.3 Å². The number of carbonyl (C=O) groups is 1. The van der Waals surface area contributed by atoms with Crippen LogP contribution in [0.1, 0.15) is 16.7 Å². The number of hydrogen-bond acceptors (Lipinski definition) is 5. The number of amides is 1. The van der Waals surface area contributed by atoms with Gasteiger partial charge in [0.05, 0.1) is 17.7 Å². The van der Waals surface area contributed by atoms with E-state index < -0.39 is 0 Å². The van der Waals surface area contributed by atoms with E-state index in [1.807, 2.05) is 19.1 Å². The number of thioether (sulfide) groups is 1. The first-order chi connectivity index (χ1) is 15.9. The summed E-state index contributed by atoms with van der Waals surface area (Å²) < 4.78 is 24.3. The molecular formula is C25H20ClFN2O3S. The molecule has 0 saturated carbocycles. The zero-order valence-electron chi connectivity index (χ0n) is 17.9. The van der Waals surface area contributed by atoms with E-state index in [4.69, 9.17) is 21.1 Å². The molecule has 0 aliphatic carbocycles. The van der Waals surface area contributed by atoms with Crippen molar-refractivity contribution in [3.63, 3.8) is 0 Å². The summed E-state index contributed by atoms with van der Waals surface area (Å²) in [4.78, 5) is 17.5. The van der Waals surface area contributed by atoms with Gasteiger partial charge in [-0.25, -0.2) is 9.38 Å². The summed E-state index contributed by atoms with van der Waals surface area (Å²) >= 11 is 7.31. The minimum Gasteiger partial charge on any atom is -0.493 e. The van der Waals surface area contributed by atoms with Gasteiger partial charge in [-0.05, 0) is 77.9 Å². The van der Waals surface area contributed by atoms with E-state index in [0.29, 0.717) is 32.3 Å². The molecule has 1 fully saturated rings. The lowest BCUT2D eigenvalue weighted by atomic mass is 10.2. The van der Waals surface area contributed by atoms with Crippen LogP contribution in [-0.2, 0) is 11.4 Å². The van der Waals surface area contributed by atoms with Crippen LogP contribution in [0.5, 0.6) is 11.5 Å². The molecular weight excluding hydrogens is 463 g/mol. The van der Waals surface area contributed by atoms with E-state index in [0.717, 1.165) is 16.7 Å². The monoisotopic (exact) mass is 482 g/mol. The Morgan fingerprint density at radius 3 is 2.64 bits per heavy atom. The van der Waals surface area contributed by atoms with Gasteiger partial charge in [0.2, 0.25) is 0 Å². The average molecular weight is 483 g/mol. The third kappa shape index (κ3) is 5.74. The van der Waals surface area contributed by atoms with E-state index in [1.54, 1.807) is 49.6 Å². The highest BCUT2D eigenvalue weighted by molar-refractivity contribution is 8.18. The van der Waals surface area contributed by atoms with Crippen LogP contribution in [0.25, 0.3) is 6.08 Å². The summed E-state index contributed by atoms with van der Waals surface area (Å²) in [7, 11) is 1.55. The molecule has 3 aromatic rings. The van der Waals surface area contributed by atoms with E-state index in [1.165, 1.54) is 23.9 Å². The van der Waals surface area contributed by atoms with Gasteiger partial charge in [-0.15, -0.1) is 0 Å². The molecule has 3 aromatic carbocycles. The summed E-state index contributed by atoms with van der Waals surface area (Å²) in [5.74, 6) is 0.553. The summed E-state index contributed by atoms with van der Waals surface area (Å²) in [5.41, 5.74) is 3.28. The van der Waals surface area contributed by atoms with Crippen LogP contribution in [0, 0.1) is 12.7 Å². The Labute approximate surface area is 200 Å². The van der Waals surface area contributed by atoms with Crippen molar-refractivity contribution >= 4 is 46.2 Å². The van der Waals surface area contributed by atoms with Crippen LogP contribution in [0.4, 0.5) is 10.1 Å². The van der Waals surface area contributed by atoms with E-state index in [9.17, 15) is 9.18 Å². The number of halogens is 2. The number of benzene rings is 3. The number of aliphatic imine (C=N–C) groups is 1. The average Bonchev–Trinajstić information content (AvgIpc) is 3.14. The second-order valence-electron chi connectivity index (χ2n) is 7.24. The molecule has 5 nitrogen and oxygen atoms in total. The molecule has 33 heavy (non-hydrogen) atoms. The van der Waals surface area contributed by atoms with Crippen molar-refractivity contribution in [1.29, 1.82) is 0 Å². The number of ether oxygens (including phenoxy) is 2. The third-order valence-electron chi connectivity index (χ3n) is 4.84. The van der Waals surface area contributed by atoms with Gasteiger partial charge in [0.15, 0.2) is 16.7 Å². The van der Waals surface area contributed by atoms with Gasteiger partial charge in [-0.2, -0.15) is 0 Å². The molecule has 0 atom stereocenters. The number of methoxy groups -OCH3 is 1. The number of amidine groups is 1. The SMILES string of the molecule is COc1cc(/C=C2\SC(=Nc3cc(Cl)ccc3C)NC2=O)ccc1OCc1ccc(F)cc1. The quantitative estimate of drug-likeness (QED) is 0.421. The second-order valence-corrected chi connectivity index (χ2v) is 8.71. The fraction of sp³-hybridized carbons (Fsp3) is 0.120.